The van der Waals surface area contributed by atoms with Gasteiger partial charge in [0.2, 0.25) is 0 Å². The maximum absolute atomic E-state index is 13.4. The normalized spacial score (nSPS) is 22.2. The van der Waals surface area contributed by atoms with E-state index in [0.29, 0.717) is 18.0 Å². The van der Waals surface area contributed by atoms with Crippen molar-refractivity contribution in [1.82, 2.24) is 4.98 Å². The van der Waals surface area contributed by atoms with Crippen LogP contribution in [0, 0.1) is 5.82 Å². The Morgan fingerprint density at radius 2 is 2.20 bits per heavy atom. The third kappa shape index (κ3) is 2.49. The molecular weight excluding hydrogens is 279 g/mol. The average Bonchev–Trinajstić information content (AvgIpc) is 2.81. The summed E-state index contributed by atoms with van der Waals surface area (Å²) >= 11 is 6.18. The molecule has 0 unspecified atom stereocenters. The number of nitrogens with zero attached hydrogens (tertiary/aromatic N) is 2. The number of aliphatic hydroxyl groups is 1. The molecule has 104 valence electrons. The number of benzene rings is 1. The highest BCUT2D eigenvalue weighted by Crippen LogP contribution is 2.39. The van der Waals surface area contributed by atoms with Gasteiger partial charge in [-0.05, 0) is 30.2 Å². The summed E-state index contributed by atoms with van der Waals surface area (Å²) in [4.78, 5) is 5.97. The van der Waals surface area contributed by atoms with Crippen molar-refractivity contribution in [3.63, 3.8) is 0 Å². The van der Waals surface area contributed by atoms with Gasteiger partial charge in [-0.15, -0.1) is 0 Å². The van der Waals surface area contributed by atoms with E-state index in [1.807, 2.05) is 17.0 Å². The molecule has 1 aromatic heterocycles. The molecule has 1 saturated heterocycles. The van der Waals surface area contributed by atoms with Crippen molar-refractivity contribution in [2.75, 3.05) is 11.4 Å². The van der Waals surface area contributed by atoms with Crippen molar-refractivity contribution < 1.29 is 9.50 Å². The molecule has 0 radical (unpaired) electrons. The minimum absolute atomic E-state index is 0.0828. The molecule has 3 nitrogen and oxygen atoms in total. The Kier molecular flexibility index (Phi) is 3.59. The highest BCUT2D eigenvalue weighted by atomic mass is 35.5. The molecule has 1 aliphatic rings. The molecule has 0 bridgehead atoms. The van der Waals surface area contributed by atoms with E-state index in [1.165, 1.54) is 12.1 Å². The molecule has 1 fully saturated rings. The number of aromatic nitrogens is 1. The van der Waals surface area contributed by atoms with Crippen LogP contribution in [0.3, 0.4) is 0 Å². The maximum atomic E-state index is 13.4. The molecule has 0 amide bonds. The Labute approximate surface area is 121 Å². The van der Waals surface area contributed by atoms with Crippen LogP contribution in [-0.4, -0.2) is 22.7 Å². The van der Waals surface area contributed by atoms with Gasteiger partial charge in [0.15, 0.2) is 0 Å². The zero-order chi connectivity index (χ0) is 14.1. The maximum Gasteiger partial charge on any atom is 0.123 e. The first kappa shape index (κ1) is 13.3. The quantitative estimate of drug-likeness (QED) is 0.923. The number of pyridine rings is 1. The monoisotopic (exact) mass is 292 g/mol. The average molecular weight is 293 g/mol. The van der Waals surface area contributed by atoms with Crippen LogP contribution < -0.4 is 4.90 Å². The van der Waals surface area contributed by atoms with Gasteiger partial charge in [-0.3, -0.25) is 4.98 Å². The highest BCUT2D eigenvalue weighted by Gasteiger charge is 2.33. The third-order valence-corrected chi connectivity index (χ3v) is 3.86. The predicted octanol–water partition coefficient (Wildman–Crippen LogP) is 3.19. The van der Waals surface area contributed by atoms with E-state index in [-0.39, 0.29) is 11.9 Å². The number of hydrogen-bond donors (Lipinski definition) is 1. The van der Waals surface area contributed by atoms with Crippen molar-refractivity contribution in [3.05, 3.63) is 59.1 Å². The van der Waals surface area contributed by atoms with Crippen LogP contribution in [0.15, 0.2) is 42.7 Å². The van der Waals surface area contributed by atoms with Crippen molar-refractivity contribution in [3.8, 4) is 0 Å². The Balaban J connectivity index is 1.99. The molecule has 1 aliphatic heterocycles. The van der Waals surface area contributed by atoms with Crippen molar-refractivity contribution >= 4 is 17.3 Å². The Bertz CT molecular complexity index is 622. The summed E-state index contributed by atoms with van der Waals surface area (Å²) in [6.07, 6.45) is 3.34. The van der Waals surface area contributed by atoms with Crippen LogP contribution in [0.5, 0.6) is 0 Å². The fourth-order valence-electron chi connectivity index (χ4n) is 2.71. The van der Waals surface area contributed by atoms with Crippen LogP contribution in [0.4, 0.5) is 10.1 Å². The van der Waals surface area contributed by atoms with Crippen LogP contribution in [0.25, 0.3) is 0 Å². The van der Waals surface area contributed by atoms with Crippen molar-refractivity contribution in [1.29, 1.82) is 0 Å². The number of β-amino-alcohol motifs (C(OH)–C–C–N with tert-alkyl or cyclic N) is 1. The van der Waals surface area contributed by atoms with Gasteiger partial charge < -0.3 is 10.0 Å². The van der Waals surface area contributed by atoms with E-state index in [4.69, 9.17) is 11.6 Å². The molecule has 1 N–H and O–H groups in total. The molecule has 0 spiro atoms. The van der Waals surface area contributed by atoms with Gasteiger partial charge in [-0.25, -0.2) is 4.39 Å². The molecule has 3 rings (SSSR count). The van der Waals surface area contributed by atoms with Gasteiger partial charge in [0.05, 0.1) is 22.9 Å². The molecule has 2 heterocycles. The zero-order valence-electron chi connectivity index (χ0n) is 10.7. The summed E-state index contributed by atoms with van der Waals surface area (Å²) in [6.45, 7) is 0.477. The summed E-state index contributed by atoms with van der Waals surface area (Å²) in [5, 5.41) is 10.5. The lowest BCUT2D eigenvalue weighted by atomic mass is 10.0. The lowest BCUT2D eigenvalue weighted by molar-refractivity contribution is 0.194. The van der Waals surface area contributed by atoms with E-state index in [9.17, 15) is 9.50 Å². The van der Waals surface area contributed by atoms with E-state index in [0.717, 1.165) is 11.3 Å². The van der Waals surface area contributed by atoms with Gasteiger partial charge in [0, 0.05) is 18.9 Å². The first-order valence-corrected chi connectivity index (χ1v) is 6.82. The fraction of sp³-hybridized carbons (Fsp3) is 0.267. The fourth-order valence-corrected chi connectivity index (χ4v) is 2.94. The van der Waals surface area contributed by atoms with Crippen LogP contribution in [0.2, 0.25) is 5.02 Å². The van der Waals surface area contributed by atoms with Crippen LogP contribution >= 0.6 is 11.6 Å². The Morgan fingerprint density at radius 1 is 1.35 bits per heavy atom. The van der Waals surface area contributed by atoms with Crippen LogP contribution in [0.1, 0.15) is 18.0 Å². The molecule has 5 heteroatoms. The summed E-state index contributed by atoms with van der Waals surface area (Å²) in [7, 11) is 0. The molecule has 20 heavy (non-hydrogen) atoms. The van der Waals surface area contributed by atoms with E-state index >= 15 is 0 Å². The van der Waals surface area contributed by atoms with E-state index in [1.54, 1.807) is 18.5 Å². The predicted molar refractivity (Wildman–Crippen MR) is 76.4 cm³/mol. The topological polar surface area (TPSA) is 36.4 Å². The van der Waals surface area contributed by atoms with E-state index in [2.05, 4.69) is 4.98 Å². The second-order valence-corrected chi connectivity index (χ2v) is 5.35. The van der Waals surface area contributed by atoms with Gasteiger partial charge in [0.25, 0.3) is 0 Å². The first-order valence-electron chi connectivity index (χ1n) is 6.45. The summed E-state index contributed by atoms with van der Waals surface area (Å²) in [5.74, 6) is -0.273. The van der Waals surface area contributed by atoms with Gasteiger partial charge >= 0.3 is 0 Å². The second-order valence-electron chi connectivity index (χ2n) is 4.94. The van der Waals surface area contributed by atoms with Gasteiger partial charge in [-0.1, -0.05) is 23.7 Å². The Morgan fingerprint density at radius 3 is 2.95 bits per heavy atom. The van der Waals surface area contributed by atoms with Gasteiger partial charge in [0.1, 0.15) is 5.82 Å². The molecule has 2 atom stereocenters. The zero-order valence-corrected chi connectivity index (χ0v) is 11.5. The lowest BCUT2D eigenvalue weighted by Crippen LogP contribution is -2.24. The van der Waals surface area contributed by atoms with Crippen LogP contribution in [-0.2, 0) is 0 Å². The summed E-state index contributed by atoms with van der Waals surface area (Å²) < 4.78 is 13.4. The molecule has 2 aromatic rings. The minimum Gasteiger partial charge on any atom is -0.391 e. The third-order valence-electron chi connectivity index (χ3n) is 3.57. The first-order chi connectivity index (χ1) is 9.65. The minimum atomic E-state index is -0.451. The SMILES string of the molecule is O[C@H]1C[C@H](c2cccc(F)c2)N(c2ccncc2Cl)C1. The van der Waals surface area contributed by atoms with Crippen molar-refractivity contribution in [2.24, 2.45) is 0 Å². The van der Waals surface area contributed by atoms with Gasteiger partial charge in [-0.2, -0.15) is 0 Å². The van der Waals surface area contributed by atoms with Crippen molar-refractivity contribution in [2.45, 2.75) is 18.6 Å². The summed E-state index contributed by atoms with van der Waals surface area (Å²) in [6, 6.07) is 8.20. The van der Waals surface area contributed by atoms with E-state index < -0.39 is 6.10 Å². The number of halogens is 2. The number of hydrogen-bond acceptors (Lipinski definition) is 3. The standard InChI is InChI=1S/C15H14ClFN2O/c16-13-8-18-5-4-14(13)19-9-12(20)7-15(19)10-2-1-3-11(17)6-10/h1-6,8,12,15,20H,7,9H2/t12-,15+/m0/s1. The second kappa shape index (κ2) is 5.38. The largest absolute Gasteiger partial charge is 0.391 e. The molecule has 1 aromatic carbocycles. The number of anilines is 1. The molecule has 0 aliphatic carbocycles. The number of rotatable bonds is 2. The Hall–Kier alpha value is -1.65. The smallest absolute Gasteiger partial charge is 0.123 e. The molecular formula is C15H14ClFN2O. The lowest BCUT2D eigenvalue weighted by Gasteiger charge is -2.27. The number of aliphatic hydroxyl groups excluding tert-OH is 1. The summed E-state index contributed by atoms with van der Waals surface area (Å²) in [5.41, 5.74) is 1.65. The molecule has 0 saturated carbocycles. The highest BCUT2D eigenvalue weighted by molar-refractivity contribution is 6.33.